The summed E-state index contributed by atoms with van der Waals surface area (Å²) in [6.07, 6.45) is 2.07. The second-order valence-corrected chi connectivity index (χ2v) is 6.27. The molecule has 15 heavy (non-hydrogen) atoms. The highest BCUT2D eigenvalue weighted by atomic mass is 32.2. The summed E-state index contributed by atoms with van der Waals surface area (Å²) in [5, 5.41) is 0. The van der Waals surface area contributed by atoms with E-state index < -0.39 is 9.84 Å². The number of sulfone groups is 1. The fraction of sp³-hybridized carbons (Fsp3) is 0.455. The second-order valence-electron chi connectivity index (χ2n) is 4.27. The maximum atomic E-state index is 12.0. The van der Waals surface area contributed by atoms with Gasteiger partial charge in [0.1, 0.15) is 0 Å². The van der Waals surface area contributed by atoms with Gasteiger partial charge in [-0.3, -0.25) is 0 Å². The Balaban J connectivity index is 2.38. The molecule has 0 bridgehead atoms. The summed E-state index contributed by atoms with van der Waals surface area (Å²) in [4.78, 5) is 0.300. The van der Waals surface area contributed by atoms with Crippen LogP contribution in [0.4, 0.5) is 5.69 Å². The number of hydrogen-bond acceptors (Lipinski definition) is 3. The Morgan fingerprint density at radius 1 is 1.40 bits per heavy atom. The zero-order valence-electron chi connectivity index (χ0n) is 8.73. The van der Waals surface area contributed by atoms with E-state index in [0.717, 1.165) is 18.4 Å². The van der Waals surface area contributed by atoms with Gasteiger partial charge in [0.15, 0.2) is 9.84 Å². The lowest BCUT2D eigenvalue weighted by Crippen LogP contribution is -2.11. The minimum Gasteiger partial charge on any atom is -0.398 e. The van der Waals surface area contributed by atoms with Crippen LogP contribution in [0.1, 0.15) is 18.4 Å². The molecule has 1 fully saturated rings. The Morgan fingerprint density at radius 2 is 2.07 bits per heavy atom. The molecule has 0 aliphatic heterocycles. The monoisotopic (exact) mass is 225 g/mol. The summed E-state index contributed by atoms with van der Waals surface area (Å²) < 4.78 is 24.0. The number of nitrogen functional groups attached to an aromatic ring is 1. The summed E-state index contributed by atoms with van der Waals surface area (Å²) in [6.45, 7) is 1.87. The van der Waals surface area contributed by atoms with Crippen LogP contribution in [0.3, 0.4) is 0 Å². The first-order valence-corrected chi connectivity index (χ1v) is 6.73. The van der Waals surface area contributed by atoms with Crippen molar-refractivity contribution in [1.29, 1.82) is 0 Å². The first-order chi connectivity index (χ1) is 6.99. The molecule has 0 amide bonds. The molecule has 0 heterocycles. The van der Waals surface area contributed by atoms with Gasteiger partial charge in [-0.15, -0.1) is 0 Å². The molecule has 0 atom stereocenters. The average Bonchev–Trinajstić information content (AvgIpc) is 2.92. The molecule has 2 N–H and O–H groups in total. The maximum absolute atomic E-state index is 12.0. The molecule has 2 rings (SSSR count). The van der Waals surface area contributed by atoms with E-state index >= 15 is 0 Å². The molecule has 0 spiro atoms. The lowest BCUT2D eigenvalue weighted by molar-refractivity contribution is 0.592. The Morgan fingerprint density at radius 3 is 2.67 bits per heavy atom. The second kappa shape index (κ2) is 3.52. The third-order valence-electron chi connectivity index (χ3n) is 2.66. The molecule has 1 aromatic carbocycles. The van der Waals surface area contributed by atoms with Crippen molar-refractivity contribution >= 4 is 15.5 Å². The minimum absolute atomic E-state index is 0.251. The van der Waals surface area contributed by atoms with Crippen LogP contribution in [0.15, 0.2) is 23.1 Å². The highest BCUT2D eigenvalue weighted by Crippen LogP contribution is 2.33. The van der Waals surface area contributed by atoms with Gasteiger partial charge in [0, 0.05) is 0 Å². The zero-order valence-corrected chi connectivity index (χ0v) is 9.55. The van der Waals surface area contributed by atoms with E-state index in [-0.39, 0.29) is 5.75 Å². The van der Waals surface area contributed by atoms with E-state index in [1.54, 1.807) is 12.1 Å². The Hall–Kier alpha value is -1.03. The maximum Gasteiger partial charge on any atom is 0.180 e. The number of benzene rings is 1. The van der Waals surface area contributed by atoms with E-state index in [9.17, 15) is 8.42 Å². The van der Waals surface area contributed by atoms with Crippen molar-refractivity contribution in [3.8, 4) is 0 Å². The van der Waals surface area contributed by atoms with E-state index in [1.807, 2.05) is 13.0 Å². The molecule has 82 valence electrons. The number of aryl methyl sites for hydroxylation is 1. The van der Waals surface area contributed by atoms with Crippen LogP contribution in [-0.4, -0.2) is 14.2 Å². The summed E-state index contributed by atoms with van der Waals surface area (Å²) >= 11 is 0. The van der Waals surface area contributed by atoms with Crippen molar-refractivity contribution in [2.45, 2.75) is 24.7 Å². The van der Waals surface area contributed by atoms with Gasteiger partial charge >= 0.3 is 0 Å². The highest BCUT2D eigenvalue weighted by molar-refractivity contribution is 7.91. The van der Waals surface area contributed by atoms with Crippen LogP contribution >= 0.6 is 0 Å². The largest absolute Gasteiger partial charge is 0.398 e. The molecule has 0 saturated heterocycles. The minimum atomic E-state index is -3.18. The van der Waals surface area contributed by atoms with Gasteiger partial charge in [0.2, 0.25) is 0 Å². The van der Waals surface area contributed by atoms with Crippen molar-refractivity contribution in [3.63, 3.8) is 0 Å². The SMILES string of the molecule is Cc1ccc(N)c(S(=O)(=O)CC2CC2)c1. The van der Waals surface area contributed by atoms with Gasteiger partial charge in [0.25, 0.3) is 0 Å². The van der Waals surface area contributed by atoms with Crippen LogP contribution in [0.25, 0.3) is 0 Å². The number of nitrogens with two attached hydrogens (primary N) is 1. The van der Waals surface area contributed by atoms with Crippen LogP contribution in [0.2, 0.25) is 0 Å². The summed E-state index contributed by atoms with van der Waals surface area (Å²) in [5.41, 5.74) is 6.98. The highest BCUT2D eigenvalue weighted by Gasteiger charge is 2.29. The number of rotatable bonds is 3. The van der Waals surface area contributed by atoms with Gasteiger partial charge in [-0.05, 0) is 43.4 Å². The number of anilines is 1. The molecule has 1 aromatic rings. The molecule has 4 heteroatoms. The average molecular weight is 225 g/mol. The Kier molecular flexibility index (Phi) is 2.46. The molecule has 1 saturated carbocycles. The molecule has 1 aliphatic rings. The fourth-order valence-corrected chi connectivity index (χ4v) is 3.52. The van der Waals surface area contributed by atoms with Gasteiger partial charge in [-0.2, -0.15) is 0 Å². The molecule has 1 aliphatic carbocycles. The van der Waals surface area contributed by atoms with E-state index in [2.05, 4.69) is 0 Å². The molecule has 0 radical (unpaired) electrons. The molecule has 0 unspecified atom stereocenters. The van der Waals surface area contributed by atoms with Gasteiger partial charge < -0.3 is 5.73 Å². The quantitative estimate of drug-likeness (QED) is 0.797. The Labute approximate surface area is 90.2 Å². The van der Waals surface area contributed by atoms with Crippen molar-refractivity contribution in [3.05, 3.63) is 23.8 Å². The standard InChI is InChI=1S/C11H15NO2S/c1-8-2-5-10(12)11(6-8)15(13,14)7-9-3-4-9/h2,5-6,9H,3-4,7,12H2,1H3. The third-order valence-corrected chi connectivity index (χ3v) is 4.59. The van der Waals surface area contributed by atoms with Crippen LogP contribution < -0.4 is 5.73 Å². The first kappa shape index (κ1) is 10.5. The van der Waals surface area contributed by atoms with Gasteiger partial charge in [0.05, 0.1) is 16.3 Å². The van der Waals surface area contributed by atoms with Gasteiger partial charge in [-0.1, -0.05) is 6.07 Å². The van der Waals surface area contributed by atoms with E-state index in [1.165, 1.54) is 0 Å². The lowest BCUT2D eigenvalue weighted by atomic mass is 10.2. The van der Waals surface area contributed by atoms with E-state index in [0.29, 0.717) is 16.5 Å². The first-order valence-electron chi connectivity index (χ1n) is 5.08. The summed E-state index contributed by atoms with van der Waals surface area (Å²) in [5.74, 6) is 0.607. The van der Waals surface area contributed by atoms with E-state index in [4.69, 9.17) is 5.73 Å². The van der Waals surface area contributed by atoms with Gasteiger partial charge in [-0.25, -0.2) is 8.42 Å². The van der Waals surface area contributed by atoms with Crippen molar-refractivity contribution in [2.75, 3.05) is 11.5 Å². The predicted octanol–water partition coefficient (Wildman–Crippen LogP) is 1.76. The fourth-order valence-electron chi connectivity index (χ4n) is 1.60. The third kappa shape index (κ3) is 2.31. The normalized spacial score (nSPS) is 16.6. The van der Waals surface area contributed by atoms with Crippen LogP contribution in [0, 0.1) is 12.8 Å². The molecular weight excluding hydrogens is 210 g/mol. The summed E-state index contributed by atoms with van der Waals surface area (Å²) in [7, 11) is -3.18. The summed E-state index contributed by atoms with van der Waals surface area (Å²) in [6, 6.07) is 5.15. The predicted molar refractivity (Wildman–Crippen MR) is 60.4 cm³/mol. The topological polar surface area (TPSA) is 60.2 Å². The van der Waals surface area contributed by atoms with Crippen molar-refractivity contribution < 1.29 is 8.42 Å². The molecular formula is C11H15NO2S. The zero-order chi connectivity index (χ0) is 11.1. The Bertz CT molecular complexity index is 475. The van der Waals surface area contributed by atoms with Crippen molar-refractivity contribution in [2.24, 2.45) is 5.92 Å². The molecule has 0 aromatic heterocycles. The van der Waals surface area contributed by atoms with Crippen molar-refractivity contribution in [1.82, 2.24) is 0 Å². The lowest BCUT2D eigenvalue weighted by Gasteiger charge is -2.07. The molecule has 3 nitrogen and oxygen atoms in total. The smallest absolute Gasteiger partial charge is 0.180 e. The van der Waals surface area contributed by atoms with Crippen LogP contribution in [-0.2, 0) is 9.84 Å². The van der Waals surface area contributed by atoms with Crippen LogP contribution in [0.5, 0.6) is 0 Å². The number of hydrogen-bond donors (Lipinski definition) is 1.